The Bertz CT molecular complexity index is 397. The number of hydrogen-bond acceptors (Lipinski definition) is 3. The SMILES string of the molecule is CCC1COC(C)CN1c1ccc(N)cc1I. The number of halogens is 1. The Morgan fingerprint density at radius 3 is 2.94 bits per heavy atom. The van der Waals surface area contributed by atoms with Crippen LogP contribution in [0.2, 0.25) is 0 Å². The fourth-order valence-electron chi connectivity index (χ4n) is 2.23. The van der Waals surface area contributed by atoms with Crippen LogP contribution < -0.4 is 10.6 Å². The Kier molecular flexibility index (Phi) is 4.14. The third-order valence-corrected chi connectivity index (χ3v) is 4.08. The van der Waals surface area contributed by atoms with Crippen molar-refractivity contribution < 1.29 is 4.74 Å². The van der Waals surface area contributed by atoms with Crippen molar-refractivity contribution in [3.05, 3.63) is 21.8 Å². The summed E-state index contributed by atoms with van der Waals surface area (Å²) in [5.74, 6) is 0. The smallest absolute Gasteiger partial charge is 0.0723 e. The molecule has 1 aliphatic heterocycles. The molecule has 94 valence electrons. The Balaban J connectivity index is 2.28. The summed E-state index contributed by atoms with van der Waals surface area (Å²) in [6.07, 6.45) is 1.40. The van der Waals surface area contributed by atoms with E-state index in [9.17, 15) is 0 Å². The van der Waals surface area contributed by atoms with Crippen molar-refractivity contribution >= 4 is 34.0 Å². The highest BCUT2D eigenvalue weighted by Crippen LogP contribution is 2.29. The molecule has 1 saturated heterocycles. The number of nitrogen functional groups attached to an aromatic ring is 1. The summed E-state index contributed by atoms with van der Waals surface area (Å²) in [6.45, 7) is 6.11. The minimum atomic E-state index is 0.297. The third-order valence-electron chi connectivity index (χ3n) is 3.22. The Morgan fingerprint density at radius 1 is 1.53 bits per heavy atom. The molecule has 1 aromatic carbocycles. The minimum absolute atomic E-state index is 0.297. The first kappa shape index (κ1) is 13.0. The van der Waals surface area contributed by atoms with Crippen LogP contribution in [0.1, 0.15) is 20.3 Å². The first-order valence-corrected chi connectivity index (χ1v) is 7.13. The second-order valence-electron chi connectivity index (χ2n) is 4.57. The van der Waals surface area contributed by atoms with Crippen molar-refractivity contribution in [1.29, 1.82) is 0 Å². The molecule has 17 heavy (non-hydrogen) atoms. The van der Waals surface area contributed by atoms with Crippen molar-refractivity contribution in [2.75, 3.05) is 23.8 Å². The van der Waals surface area contributed by atoms with E-state index in [1.807, 2.05) is 12.1 Å². The van der Waals surface area contributed by atoms with E-state index in [-0.39, 0.29) is 0 Å². The quantitative estimate of drug-likeness (QED) is 0.661. The molecule has 1 aliphatic rings. The molecule has 0 amide bonds. The Labute approximate surface area is 116 Å². The van der Waals surface area contributed by atoms with Gasteiger partial charge in [-0.15, -0.1) is 0 Å². The highest BCUT2D eigenvalue weighted by Gasteiger charge is 2.26. The average Bonchev–Trinajstić information content (AvgIpc) is 2.29. The molecule has 0 radical (unpaired) electrons. The fraction of sp³-hybridized carbons (Fsp3) is 0.538. The summed E-state index contributed by atoms with van der Waals surface area (Å²) in [7, 11) is 0. The van der Waals surface area contributed by atoms with Crippen LogP contribution >= 0.6 is 22.6 Å². The lowest BCUT2D eigenvalue weighted by Crippen LogP contribution is -2.49. The lowest BCUT2D eigenvalue weighted by Gasteiger charge is -2.40. The van der Waals surface area contributed by atoms with Crippen molar-refractivity contribution in [2.45, 2.75) is 32.4 Å². The topological polar surface area (TPSA) is 38.5 Å². The maximum Gasteiger partial charge on any atom is 0.0723 e. The molecule has 0 aromatic heterocycles. The summed E-state index contributed by atoms with van der Waals surface area (Å²) >= 11 is 2.36. The van der Waals surface area contributed by atoms with Gasteiger partial charge in [0, 0.05) is 15.8 Å². The highest BCUT2D eigenvalue weighted by atomic mass is 127. The van der Waals surface area contributed by atoms with Crippen LogP contribution in [0.15, 0.2) is 18.2 Å². The second-order valence-corrected chi connectivity index (χ2v) is 5.73. The predicted octanol–water partition coefficient (Wildman–Crippen LogP) is 2.88. The van der Waals surface area contributed by atoms with Crippen LogP contribution in [0.3, 0.4) is 0 Å². The van der Waals surface area contributed by atoms with Gasteiger partial charge in [0.25, 0.3) is 0 Å². The first-order valence-electron chi connectivity index (χ1n) is 6.05. The number of hydrogen-bond donors (Lipinski definition) is 1. The van der Waals surface area contributed by atoms with Crippen LogP contribution in [-0.2, 0) is 4.74 Å². The summed E-state index contributed by atoms with van der Waals surface area (Å²) in [5, 5.41) is 0. The van der Waals surface area contributed by atoms with Crippen molar-refractivity contribution in [3.8, 4) is 0 Å². The molecule has 2 rings (SSSR count). The van der Waals surface area contributed by atoms with Gasteiger partial charge in [0.05, 0.1) is 24.4 Å². The number of nitrogens with two attached hydrogens (primary N) is 1. The van der Waals surface area contributed by atoms with E-state index in [0.717, 1.165) is 25.3 Å². The molecule has 2 atom stereocenters. The predicted molar refractivity (Wildman–Crippen MR) is 80.4 cm³/mol. The zero-order valence-electron chi connectivity index (χ0n) is 10.3. The number of anilines is 2. The molecule has 1 heterocycles. The van der Waals surface area contributed by atoms with Crippen LogP contribution in [0, 0.1) is 3.57 Å². The van der Waals surface area contributed by atoms with Gasteiger partial charge in [-0.05, 0) is 54.1 Å². The molecule has 0 aliphatic carbocycles. The largest absolute Gasteiger partial charge is 0.399 e. The number of benzene rings is 1. The van der Waals surface area contributed by atoms with E-state index in [1.54, 1.807) is 0 Å². The molecule has 0 saturated carbocycles. The van der Waals surface area contributed by atoms with E-state index in [4.69, 9.17) is 10.5 Å². The van der Waals surface area contributed by atoms with Gasteiger partial charge in [0.2, 0.25) is 0 Å². The van der Waals surface area contributed by atoms with Gasteiger partial charge in [-0.1, -0.05) is 6.92 Å². The molecule has 1 fully saturated rings. The second kappa shape index (κ2) is 5.44. The number of morpholine rings is 1. The van der Waals surface area contributed by atoms with Crippen molar-refractivity contribution in [2.24, 2.45) is 0 Å². The van der Waals surface area contributed by atoms with Crippen LogP contribution in [-0.4, -0.2) is 25.3 Å². The van der Waals surface area contributed by atoms with Gasteiger partial charge in [-0.2, -0.15) is 0 Å². The highest BCUT2D eigenvalue weighted by molar-refractivity contribution is 14.1. The van der Waals surface area contributed by atoms with E-state index >= 15 is 0 Å². The van der Waals surface area contributed by atoms with Gasteiger partial charge in [-0.25, -0.2) is 0 Å². The molecule has 4 heteroatoms. The molecule has 2 unspecified atom stereocenters. The number of nitrogens with zero attached hydrogens (tertiary/aromatic N) is 1. The molecule has 3 nitrogen and oxygen atoms in total. The number of ether oxygens (including phenoxy) is 1. The van der Waals surface area contributed by atoms with Crippen LogP contribution in [0.25, 0.3) is 0 Å². The normalized spacial score (nSPS) is 25.0. The van der Waals surface area contributed by atoms with Gasteiger partial charge in [0.1, 0.15) is 0 Å². The molecule has 1 aromatic rings. The Hall–Kier alpha value is -0.490. The van der Waals surface area contributed by atoms with E-state index in [0.29, 0.717) is 12.1 Å². The van der Waals surface area contributed by atoms with E-state index in [2.05, 4.69) is 47.4 Å². The molecule has 0 bridgehead atoms. The van der Waals surface area contributed by atoms with Crippen LogP contribution in [0.4, 0.5) is 11.4 Å². The third kappa shape index (κ3) is 2.85. The first-order chi connectivity index (χ1) is 8.11. The van der Waals surface area contributed by atoms with Crippen LogP contribution in [0.5, 0.6) is 0 Å². The average molecular weight is 346 g/mol. The van der Waals surface area contributed by atoms with Gasteiger partial charge in [-0.3, -0.25) is 0 Å². The van der Waals surface area contributed by atoms with Gasteiger partial charge >= 0.3 is 0 Å². The Morgan fingerprint density at radius 2 is 2.29 bits per heavy atom. The summed E-state index contributed by atoms with van der Waals surface area (Å²) < 4.78 is 6.95. The van der Waals surface area contributed by atoms with Gasteiger partial charge in [0.15, 0.2) is 0 Å². The van der Waals surface area contributed by atoms with Gasteiger partial charge < -0.3 is 15.4 Å². The van der Waals surface area contributed by atoms with Crippen molar-refractivity contribution in [3.63, 3.8) is 0 Å². The van der Waals surface area contributed by atoms with E-state index < -0.39 is 0 Å². The molecular formula is C13H19IN2O. The zero-order valence-corrected chi connectivity index (χ0v) is 12.5. The van der Waals surface area contributed by atoms with Crippen molar-refractivity contribution in [1.82, 2.24) is 0 Å². The van der Waals surface area contributed by atoms with E-state index in [1.165, 1.54) is 9.26 Å². The fourth-order valence-corrected chi connectivity index (χ4v) is 3.08. The lowest BCUT2D eigenvalue weighted by atomic mass is 10.1. The maximum absolute atomic E-state index is 5.80. The zero-order chi connectivity index (χ0) is 12.4. The molecule has 2 N–H and O–H groups in total. The minimum Gasteiger partial charge on any atom is -0.399 e. The molecular weight excluding hydrogens is 327 g/mol. The summed E-state index contributed by atoms with van der Waals surface area (Å²) in [5.41, 5.74) is 7.91. The summed E-state index contributed by atoms with van der Waals surface area (Å²) in [4.78, 5) is 2.45. The summed E-state index contributed by atoms with van der Waals surface area (Å²) in [6, 6.07) is 6.61. The maximum atomic E-state index is 5.80. The lowest BCUT2D eigenvalue weighted by molar-refractivity contribution is 0.0299. The standard InChI is InChI=1S/C13H19IN2O/c1-3-11-8-17-9(2)7-16(11)13-5-4-10(15)6-12(13)14/h4-6,9,11H,3,7-8,15H2,1-2H3. The monoisotopic (exact) mass is 346 g/mol. The number of rotatable bonds is 2. The molecule has 0 spiro atoms.